The Morgan fingerprint density at radius 2 is 2.10 bits per heavy atom. The van der Waals surface area contributed by atoms with Crippen LogP contribution in [0.4, 0.5) is 0 Å². The molecule has 0 amide bonds. The van der Waals surface area contributed by atoms with E-state index in [1.807, 2.05) is 0 Å². The minimum atomic E-state index is 0.685. The van der Waals surface area contributed by atoms with E-state index in [-0.39, 0.29) is 0 Å². The third kappa shape index (κ3) is 5.16. The molecular weight excluding hydrogens is 248 g/mol. The largest absolute Gasteiger partial charge is 0.357 e. The number of nitrogens with zero attached hydrogens (tertiary/aromatic N) is 3. The fourth-order valence-corrected chi connectivity index (χ4v) is 2.81. The van der Waals surface area contributed by atoms with Crippen LogP contribution >= 0.6 is 0 Å². The Balaban J connectivity index is 2.55. The van der Waals surface area contributed by atoms with Crippen molar-refractivity contribution in [1.82, 2.24) is 15.1 Å². The smallest absolute Gasteiger partial charge is 0.193 e. The molecule has 0 saturated carbocycles. The van der Waals surface area contributed by atoms with Crippen molar-refractivity contribution in [2.75, 3.05) is 39.3 Å². The van der Waals surface area contributed by atoms with Crippen molar-refractivity contribution in [2.45, 2.75) is 46.6 Å². The molecule has 0 aliphatic carbocycles. The van der Waals surface area contributed by atoms with Crippen LogP contribution in [0.25, 0.3) is 0 Å². The zero-order chi connectivity index (χ0) is 14.8. The Morgan fingerprint density at radius 3 is 2.70 bits per heavy atom. The molecular formula is C16H32N4. The van der Waals surface area contributed by atoms with Crippen molar-refractivity contribution in [3.63, 3.8) is 0 Å². The van der Waals surface area contributed by atoms with Crippen molar-refractivity contribution in [3.8, 4) is 0 Å². The van der Waals surface area contributed by atoms with Gasteiger partial charge in [-0.1, -0.05) is 26.0 Å². The minimum Gasteiger partial charge on any atom is -0.357 e. The predicted octanol–water partition coefficient (Wildman–Crippen LogP) is 2.33. The Hall–Kier alpha value is -1.03. The van der Waals surface area contributed by atoms with Gasteiger partial charge in [0.1, 0.15) is 0 Å². The molecule has 116 valence electrons. The Labute approximate surface area is 124 Å². The van der Waals surface area contributed by atoms with E-state index < -0.39 is 0 Å². The lowest BCUT2D eigenvalue weighted by Crippen LogP contribution is -2.43. The van der Waals surface area contributed by atoms with E-state index in [4.69, 9.17) is 4.99 Å². The number of guanidine groups is 1. The Morgan fingerprint density at radius 1 is 1.35 bits per heavy atom. The van der Waals surface area contributed by atoms with Gasteiger partial charge in [0.05, 0.1) is 0 Å². The molecule has 0 aromatic heterocycles. The molecule has 20 heavy (non-hydrogen) atoms. The third-order valence-corrected chi connectivity index (χ3v) is 3.92. The highest BCUT2D eigenvalue weighted by atomic mass is 15.3. The first kappa shape index (κ1) is 17.0. The first-order chi connectivity index (χ1) is 9.76. The van der Waals surface area contributed by atoms with Crippen LogP contribution in [0.5, 0.6) is 0 Å². The van der Waals surface area contributed by atoms with Crippen LogP contribution in [0.2, 0.25) is 0 Å². The molecule has 0 radical (unpaired) electrons. The monoisotopic (exact) mass is 280 g/mol. The van der Waals surface area contributed by atoms with Gasteiger partial charge in [-0.25, -0.2) is 0 Å². The van der Waals surface area contributed by atoms with Crippen LogP contribution in [0.1, 0.15) is 40.5 Å². The average Bonchev–Trinajstić information content (AvgIpc) is 2.93. The number of likely N-dealkylation sites (N-methyl/N-ethyl adjacent to an activating group) is 1. The van der Waals surface area contributed by atoms with Gasteiger partial charge >= 0.3 is 0 Å². The molecule has 1 saturated heterocycles. The number of hydrogen-bond donors (Lipinski definition) is 1. The molecule has 0 aromatic carbocycles. The van der Waals surface area contributed by atoms with Crippen LogP contribution in [0.3, 0.4) is 0 Å². The van der Waals surface area contributed by atoms with E-state index in [0.717, 1.165) is 51.6 Å². The molecule has 4 heteroatoms. The SMILES string of the molecule is C/C=C/CCN=C(NCC)N1CCC(N(CC)CC)C1. The molecule has 1 unspecified atom stereocenters. The van der Waals surface area contributed by atoms with E-state index in [2.05, 4.69) is 55.0 Å². The molecule has 1 N–H and O–H groups in total. The molecule has 1 heterocycles. The van der Waals surface area contributed by atoms with Crippen molar-refractivity contribution in [3.05, 3.63) is 12.2 Å². The van der Waals surface area contributed by atoms with Crippen molar-refractivity contribution in [1.29, 1.82) is 0 Å². The summed E-state index contributed by atoms with van der Waals surface area (Å²) in [5, 5.41) is 3.43. The maximum atomic E-state index is 4.74. The van der Waals surface area contributed by atoms with Crippen LogP contribution in [0.15, 0.2) is 17.1 Å². The summed E-state index contributed by atoms with van der Waals surface area (Å²) in [7, 11) is 0. The maximum Gasteiger partial charge on any atom is 0.193 e. The minimum absolute atomic E-state index is 0.685. The number of likely N-dealkylation sites (tertiary alicyclic amines) is 1. The quantitative estimate of drug-likeness (QED) is 0.336. The summed E-state index contributed by atoms with van der Waals surface area (Å²) in [6.45, 7) is 15.0. The summed E-state index contributed by atoms with van der Waals surface area (Å²) >= 11 is 0. The molecule has 1 aliphatic rings. The number of aliphatic imine (C=N–C) groups is 1. The number of rotatable bonds is 7. The lowest BCUT2D eigenvalue weighted by molar-refractivity contribution is 0.223. The molecule has 0 aromatic rings. The zero-order valence-electron chi connectivity index (χ0n) is 13.7. The summed E-state index contributed by atoms with van der Waals surface area (Å²) in [4.78, 5) is 9.72. The van der Waals surface area contributed by atoms with Gasteiger partial charge in [-0.3, -0.25) is 9.89 Å². The van der Waals surface area contributed by atoms with Gasteiger partial charge in [-0.05, 0) is 39.8 Å². The fraction of sp³-hybridized carbons (Fsp3) is 0.812. The molecule has 4 nitrogen and oxygen atoms in total. The second-order valence-electron chi connectivity index (χ2n) is 5.20. The maximum absolute atomic E-state index is 4.74. The van der Waals surface area contributed by atoms with E-state index >= 15 is 0 Å². The topological polar surface area (TPSA) is 30.9 Å². The average molecular weight is 280 g/mol. The highest BCUT2D eigenvalue weighted by molar-refractivity contribution is 5.80. The lowest BCUT2D eigenvalue weighted by atomic mass is 10.2. The summed E-state index contributed by atoms with van der Waals surface area (Å²) in [6, 6.07) is 0.685. The van der Waals surface area contributed by atoms with E-state index in [1.165, 1.54) is 6.42 Å². The first-order valence-corrected chi connectivity index (χ1v) is 8.15. The van der Waals surface area contributed by atoms with Crippen molar-refractivity contribution in [2.24, 2.45) is 4.99 Å². The summed E-state index contributed by atoms with van der Waals surface area (Å²) in [6.07, 6.45) is 6.55. The van der Waals surface area contributed by atoms with E-state index in [1.54, 1.807) is 0 Å². The van der Waals surface area contributed by atoms with Gasteiger partial charge < -0.3 is 10.2 Å². The summed E-state index contributed by atoms with van der Waals surface area (Å²) in [5.41, 5.74) is 0. The molecule has 0 spiro atoms. The number of hydrogen-bond acceptors (Lipinski definition) is 2. The molecule has 1 aliphatic heterocycles. The predicted molar refractivity (Wildman–Crippen MR) is 88.3 cm³/mol. The van der Waals surface area contributed by atoms with Gasteiger partial charge in [-0.2, -0.15) is 0 Å². The summed E-state index contributed by atoms with van der Waals surface area (Å²) < 4.78 is 0. The van der Waals surface area contributed by atoms with Gasteiger partial charge in [-0.15, -0.1) is 0 Å². The molecule has 1 atom stereocenters. The second-order valence-corrected chi connectivity index (χ2v) is 5.20. The van der Waals surface area contributed by atoms with Crippen LogP contribution < -0.4 is 5.32 Å². The molecule has 0 bridgehead atoms. The first-order valence-electron chi connectivity index (χ1n) is 8.15. The molecule has 1 fully saturated rings. The van der Waals surface area contributed by atoms with Gasteiger partial charge in [0.2, 0.25) is 0 Å². The normalized spacial score (nSPS) is 20.4. The molecule has 1 rings (SSSR count). The van der Waals surface area contributed by atoms with Crippen molar-refractivity contribution < 1.29 is 0 Å². The van der Waals surface area contributed by atoms with Gasteiger partial charge in [0.25, 0.3) is 0 Å². The highest BCUT2D eigenvalue weighted by Crippen LogP contribution is 2.15. The third-order valence-electron chi connectivity index (χ3n) is 3.92. The number of nitrogens with one attached hydrogen (secondary N) is 1. The van der Waals surface area contributed by atoms with Crippen LogP contribution in [0, 0.1) is 0 Å². The zero-order valence-corrected chi connectivity index (χ0v) is 13.7. The Bertz CT molecular complexity index is 308. The van der Waals surface area contributed by atoms with Gasteiger partial charge in [0.15, 0.2) is 5.96 Å². The summed E-state index contributed by atoms with van der Waals surface area (Å²) in [5.74, 6) is 1.09. The van der Waals surface area contributed by atoms with E-state index in [9.17, 15) is 0 Å². The standard InChI is InChI=1S/C16H32N4/c1-5-9-10-12-18-16(17-6-2)20-13-11-15(14-20)19(7-3)8-4/h5,9,15H,6-8,10-14H2,1-4H3,(H,17,18)/b9-5+. The van der Waals surface area contributed by atoms with Gasteiger partial charge in [0, 0.05) is 32.2 Å². The second kappa shape index (κ2) is 9.81. The lowest BCUT2D eigenvalue weighted by Gasteiger charge is -2.27. The number of allylic oxidation sites excluding steroid dienone is 1. The van der Waals surface area contributed by atoms with Crippen molar-refractivity contribution >= 4 is 5.96 Å². The van der Waals surface area contributed by atoms with E-state index in [0.29, 0.717) is 6.04 Å². The Kier molecular flexibility index (Phi) is 8.35. The van der Waals surface area contributed by atoms with Crippen LogP contribution in [-0.2, 0) is 0 Å². The highest BCUT2D eigenvalue weighted by Gasteiger charge is 2.27. The van der Waals surface area contributed by atoms with Crippen LogP contribution in [-0.4, -0.2) is 61.1 Å². The fourth-order valence-electron chi connectivity index (χ4n) is 2.81.